The van der Waals surface area contributed by atoms with E-state index in [1.165, 1.54) is 0 Å². The Kier molecular flexibility index (Phi) is 5.10. The van der Waals surface area contributed by atoms with Crippen molar-refractivity contribution in [1.82, 2.24) is 0 Å². The van der Waals surface area contributed by atoms with E-state index in [1.54, 1.807) is 0 Å². The normalized spacial score (nSPS) is 15.6. The maximum atomic E-state index is 9.65. The lowest BCUT2D eigenvalue weighted by Crippen LogP contribution is -2.26. The summed E-state index contributed by atoms with van der Waals surface area (Å²) < 4.78 is 5.51. The lowest BCUT2D eigenvalue weighted by molar-refractivity contribution is -0.0524. The van der Waals surface area contributed by atoms with E-state index < -0.39 is 0 Å². The summed E-state index contributed by atoms with van der Waals surface area (Å²) in [4.78, 5) is 0. The highest BCUT2D eigenvalue weighted by Crippen LogP contribution is 2.22. The highest BCUT2D eigenvalue weighted by molar-refractivity contribution is 4.67. The highest BCUT2D eigenvalue weighted by Gasteiger charge is 2.16. The molecule has 0 aliphatic heterocycles. The fourth-order valence-corrected chi connectivity index (χ4v) is 1.03. The highest BCUT2D eigenvalue weighted by atomic mass is 16.5. The van der Waals surface area contributed by atoms with Crippen molar-refractivity contribution in [1.29, 1.82) is 0 Å². The van der Waals surface area contributed by atoms with Crippen LogP contribution in [0.3, 0.4) is 0 Å². The Morgan fingerprint density at radius 1 is 1.07 bits per heavy atom. The van der Waals surface area contributed by atoms with Gasteiger partial charge in [-0.3, -0.25) is 0 Å². The van der Waals surface area contributed by atoms with Gasteiger partial charge in [0.15, 0.2) is 0 Å². The Bertz CT molecular complexity index is 133. The van der Waals surface area contributed by atoms with Gasteiger partial charge in [-0.05, 0) is 39.0 Å². The SMILES string of the molecule is CC(C)(C)CCC(O)COC(C)(C)C. The molecule has 1 atom stereocenters. The first kappa shape index (κ1) is 13.9. The second-order valence-corrected chi connectivity index (χ2v) is 6.18. The van der Waals surface area contributed by atoms with Gasteiger partial charge in [0.25, 0.3) is 0 Å². The maximum Gasteiger partial charge on any atom is 0.0774 e. The molecular weight excluding hydrogens is 176 g/mol. The average Bonchev–Trinajstić information content (AvgIpc) is 1.94. The summed E-state index contributed by atoms with van der Waals surface area (Å²) in [5.41, 5.74) is 0.144. The Morgan fingerprint density at radius 3 is 1.93 bits per heavy atom. The number of hydrogen-bond donors (Lipinski definition) is 1. The summed E-state index contributed by atoms with van der Waals surface area (Å²) >= 11 is 0. The lowest BCUT2D eigenvalue weighted by Gasteiger charge is -2.24. The first-order chi connectivity index (χ1) is 6.10. The van der Waals surface area contributed by atoms with Crippen molar-refractivity contribution in [2.24, 2.45) is 5.41 Å². The molecule has 0 aromatic carbocycles. The van der Waals surface area contributed by atoms with Crippen LogP contribution in [0.4, 0.5) is 0 Å². The third-order valence-corrected chi connectivity index (χ3v) is 1.94. The Morgan fingerprint density at radius 2 is 1.57 bits per heavy atom. The zero-order chi connectivity index (χ0) is 11.4. The largest absolute Gasteiger partial charge is 0.391 e. The quantitative estimate of drug-likeness (QED) is 0.759. The van der Waals surface area contributed by atoms with E-state index in [0.29, 0.717) is 12.0 Å². The fraction of sp³-hybridized carbons (Fsp3) is 1.00. The minimum Gasteiger partial charge on any atom is -0.391 e. The van der Waals surface area contributed by atoms with Gasteiger partial charge >= 0.3 is 0 Å². The van der Waals surface area contributed by atoms with E-state index in [4.69, 9.17) is 4.74 Å². The van der Waals surface area contributed by atoms with Crippen molar-refractivity contribution in [3.05, 3.63) is 0 Å². The molecule has 0 heterocycles. The second kappa shape index (κ2) is 5.13. The molecule has 0 aliphatic carbocycles. The molecule has 0 amide bonds. The van der Waals surface area contributed by atoms with Crippen LogP contribution in [0.15, 0.2) is 0 Å². The molecule has 0 saturated carbocycles. The Balaban J connectivity index is 3.62. The molecule has 1 N–H and O–H groups in total. The molecule has 1 unspecified atom stereocenters. The number of aliphatic hydroxyl groups is 1. The van der Waals surface area contributed by atoms with Crippen LogP contribution in [0.5, 0.6) is 0 Å². The summed E-state index contributed by atoms with van der Waals surface area (Å²) in [5, 5.41) is 9.65. The molecule has 0 aromatic rings. The van der Waals surface area contributed by atoms with E-state index in [-0.39, 0.29) is 11.7 Å². The van der Waals surface area contributed by atoms with Crippen molar-refractivity contribution in [3.8, 4) is 0 Å². The number of ether oxygens (including phenoxy) is 1. The topological polar surface area (TPSA) is 29.5 Å². The van der Waals surface area contributed by atoms with Gasteiger partial charge in [-0.25, -0.2) is 0 Å². The minimum atomic E-state index is -0.326. The summed E-state index contributed by atoms with van der Waals surface area (Å²) in [6, 6.07) is 0. The molecular formula is C12H26O2. The van der Waals surface area contributed by atoms with Crippen molar-refractivity contribution >= 4 is 0 Å². The molecule has 2 nitrogen and oxygen atoms in total. The van der Waals surface area contributed by atoms with Crippen LogP contribution in [-0.2, 0) is 4.74 Å². The van der Waals surface area contributed by atoms with Gasteiger partial charge in [-0.2, -0.15) is 0 Å². The van der Waals surface area contributed by atoms with Gasteiger partial charge in [0.2, 0.25) is 0 Å². The fourth-order valence-electron chi connectivity index (χ4n) is 1.03. The number of aliphatic hydroxyl groups excluding tert-OH is 1. The van der Waals surface area contributed by atoms with Crippen LogP contribution in [0.25, 0.3) is 0 Å². The summed E-state index contributed by atoms with van der Waals surface area (Å²) in [7, 11) is 0. The average molecular weight is 202 g/mol. The summed E-state index contributed by atoms with van der Waals surface area (Å²) in [6.07, 6.45) is 1.52. The van der Waals surface area contributed by atoms with Crippen molar-refractivity contribution < 1.29 is 9.84 Å². The molecule has 0 rings (SSSR count). The van der Waals surface area contributed by atoms with E-state index >= 15 is 0 Å². The monoisotopic (exact) mass is 202 g/mol. The van der Waals surface area contributed by atoms with Crippen LogP contribution in [0, 0.1) is 5.41 Å². The Hall–Kier alpha value is -0.0800. The van der Waals surface area contributed by atoms with E-state index in [0.717, 1.165) is 12.8 Å². The van der Waals surface area contributed by atoms with Gasteiger partial charge in [-0.1, -0.05) is 20.8 Å². The molecule has 0 radical (unpaired) electrons. The molecule has 0 aromatic heterocycles. The second-order valence-electron chi connectivity index (χ2n) is 6.18. The first-order valence-electron chi connectivity index (χ1n) is 5.42. The molecule has 86 valence electrons. The zero-order valence-electron chi connectivity index (χ0n) is 10.6. The molecule has 0 aliphatic rings. The van der Waals surface area contributed by atoms with Crippen molar-refractivity contribution in [2.75, 3.05) is 6.61 Å². The van der Waals surface area contributed by atoms with E-state index in [2.05, 4.69) is 20.8 Å². The van der Waals surface area contributed by atoms with Gasteiger partial charge in [0, 0.05) is 0 Å². The summed E-state index contributed by atoms with van der Waals surface area (Å²) in [6.45, 7) is 13.0. The molecule has 2 heteroatoms. The zero-order valence-corrected chi connectivity index (χ0v) is 10.6. The van der Waals surface area contributed by atoms with Crippen LogP contribution in [0.1, 0.15) is 54.4 Å². The molecule has 0 spiro atoms. The van der Waals surface area contributed by atoms with Crippen molar-refractivity contribution in [2.45, 2.75) is 66.1 Å². The smallest absolute Gasteiger partial charge is 0.0774 e. The Labute approximate surface area is 88.7 Å². The first-order valence-corrected chi connectivity index (χ1v) is 5.42. The van der Waals surface area contributed by atoms with Crippen molar-refractivity contribution in [3.63, 3.8) is 0 Å². The molecule has 0 fully saturated rings. The van der Waals surface area contributed by atoms with Crippen LogP contribution < -0.4 is 0 Å². The van der Waals surface area contributed by atoms with E-state index in [1.807, 2.05) is 20.8 Å². The third-order valence-electron chi connectivity index (χ3n) is 1.94. The predicted octanol–water partition coefficient (Wildman–Crippen LogP) is 2.99. The minimum absolute atomic E-state index is 0.150. The van der Waals surface area contributed by atoms with E-state index in [9.17, 15) is 5.11 Å². The third kappa shape index (κ3) is 10.0. The molecule has 14 heavy (non-hydrogen) atoms. The van der Waals surface area contributed by atoms with Gasteiger partial charge in [0.05, 0.1) is 18.3 Å². The standard InChI is InChI=1S/C12H26O2/c1-11(2,3)8-7-10(13)9-14-12(4,5)6/h10,13H,7-9H2,1-6H3. The number of hydrogen-bond acceptors (Lipinski definition) is 2. The molecule has 0 saturated heterocycles. The predicted molar refractivity (Wildman–Crippen MR) is 60.4 cm³/mol. The molecule has 0 bridgehead atoms. The summed E-state index contributed by atoms with van der Waals surface area (Å²) in [5.74, 6) is 0. The van der Waals surface area contributed by atoms with Gasteiger partial charge < -0.3 is 9.84 Å². The van der Waals surface area contributed by atoms with Crippen LogP contribution >= 0.6 is 0 Å². The number of rotatable bonds is 4. The van der Waals surface area contributed by atoms with Gasteiger partial charge in [0.1, 0.15) is 0 Å². The van der Waals surface area contributed by atoms with Crippen LogP contribution in [-0.4, -0.2) is 23.4 Å². The van der Waals surface area contributed by atoms with Crippen LogP contribution in [0.2, 0.25) is 0 Å². The lowest BCUT2D eigenvalue weighted by atomic mass is 9.89. The van der Waals surface area contributed by atoms with Gasteiger partial charge in [-0.15, -0.1) is 0 Å². The maximum absolute atomic E-state index is 9.65.